The van der Waals surface area contributed by atoms with E-state index >= 15 is 0 Å². The molecule has 1 unspecified atom stereocenters. The SMILES string of the molecule is COc1ccc(C2CCCn3nc(-c4cccc(-n5cc(C)nc5OC)n4)nc32)cc1-c1cccnn1. The molecule has 6 rings (SSSR count). The topological polar surface area (TPSA) is 106 Å². The van der Waals surface area contributed by atoms with Gasteiger partial charge in [-0.05, 0) is 61.7 Å². The van der Waals surface area contributed by atoms with Crippen molar-refractivity contribution in [3.8, 4) is 40.4 Å². The number of methoxy groups -OCH3 is 2. The Morgan fingerprint density at radius 2 is 1.84 bits per heavy atom. The van der Waals surface area contributed by atoms with Crippen LogP contribution in [0.1, 0.15) is 35.8 Å². The van der Waals surface area contributed by atoms with Crippen molar-refractivity contribution in [2.45, 2.75) is 32.2 Å². The Labute approximate surface area is 214 Å². The van der Waals surface area contributed by atoms with Crippen molar-refractivity contribution in [3.05, 3.63) is 78.0 Å². The molecule has 186 valence electrons. The lowest BCUT2D eigenvalue weighted by Gasteiger charge is -2.23. The van der Waals surface area contributed by atoms with Gasteiger partial charge in [0.05, 0.1) is 25.6 Å². The van der Waals surface area contributed by atoms with Crippen molar-refractivity contribution in [1.82, 2.24) is 39.5 Å². The maximum Gasteiger partial charge on any atom is 0.302 e. The quantitative estimate of drug-likeness (QED) is 0.345. The van der Waals surface area contributed by atoms with E-state index in [0.29, 0.717) is 23.3 Å². The highest BCUT2D eigenvalue weighted by Gasteiger charge is 2.27. The molecule has 5 aromatic rings. The van der Waals surface area contributed by atoms with Crippen LogP contribution in [0.3, 0.4) is 0 Å². The number of ether oxygens (including phenoxy) is 2. The fraction of sp³-hybridized carbons (Fsp3) is 0.259. The van der Waals surface area contributed by atoms with Crippen LogP contribution in [0.2, 0.25) is 0 Å². The first-order chi connectivity index (χ1) is 18.1. The summed E-state index contributed by atoms with van der Waals surface area (Å²) in [6.45, 7) is 2.74. The van der Waals surface area contributed by atoms with Crippen LogP contribution in [0.5, 0.6) is 11.8 Å². The van der Waals surface area contributed by atoms with Gasteiger partial charge in [0.1, 0.15) is 23.1 Å². The van der Waals surface area contributed by atoms with Gasteiger partial charge in [-0.2, -0.15) is 10.2 Å². The van der Waals surface area contributed by atoms with Crippen molar-refractivity contribution in [3.63, 3.8) is 0 Å². The molecule has 1 aliphatic heterocycles. The number of hydrogen-bond acceptors (Lipinski definition) is 8. The van der Waals surface area contributed by atoms with Gasteiger partial charge in [0.25, 0.3) is 0 Å². The number of rotatable bonds is 6. The molecular weight excluding hydrogens is 468 g/mol. The average Bonchev–Trinajstić information content (AvgIpc) is 3.56. The molecule has 0 N–H and O–H groups in total. The van der Waals surface area contributed by atoms with Crippen LogP contribution in [0.25, 0.3) is 28.6 Å². The Morgan fingerprint density at radius 3 is 2.65 bits per heavy atom. The molecule has 1 aliphatic rings. The van der Waals surface area contributed by atoms with Crippen LogP contribution in [0, 0.1) is 6.92 Å². The minimum absolute atomic E-state index is 0.0934. The van der Waals surface area contributed by atoms with Crippen molar-refractivity contribution < 1.29 is 9.47 Å². The van der Waals surface area contributed by atoms with Gasteiger partial charge in [0.15, 0.2) is 5.82 Å². The van der Waals surface area contributed by atoms with Gasteiger partial charge in [-0.3, -0.25) is 4.57 Å². The molecule has 0 amide bonds. The predicted molar refractivity (Wildman–Crippen MR) is 137 cm³/mol. The first kappa shape index (κ1) is 22.8. The third-order valence-electron chi connectivity index (χ3n) is 6.54. The summed E-state index contributed by atoms with van der Waals surface area (Å²) >= 11 is 0. The molecule has 0 spiro atoms. The van der Waals surface area contributed by atoms with Crippen LogP contribution >= 0.6 is 0 Å². The summed E-state index contributed by atoms with van der Waals surface area (Å²) in [5.74, 6) is 3.08. The molecule has 10 nitrogen and oxygen atoms in total. The maximum atomic E-state index is 5.61. The summed E-state index contributed by atoms with van der Waals surface area (Å²) in [5.41, 5.74) is 4.36. The fourth-order valence-corrected chi connectivity index (χ4v) is 4.83. The highest BCUT2D eigenvalue weighted by Crippen LogP contribution is 2.38. The van der Waals surface area contributed by atoms with E-state index in [1.165, 1.54) is 0 Å². The summed E-state index contributed by atoms with van der Waals surface area (Å²) in [7, 11) is 3.27. The molecule has 1 aromatic carbocycles. The number of pyridine rings is 1. The zero-order valence-corrected chi connectivity index (χ0v) is 20.9. The molecule has 0 aliphatic carbocycles. The molecule has 1 atom stereocenters. The van der Waals surface area contributed by atoms with E-state index in [9.17, 15) is 0 Å². The van der Waals surface area contributed by atoms with E-state index in [2.05, 4.69) is 27.3 Å². The summed E-state index contributed by atoms with van der Waals surface area (Å²) in [6.07, 6.45) is 5.54. The van der Waals surface area contributed by atoms with E-state index in [0.717, 1.165) is 53.5 Å². The van der Waals surface area contributed by atoms with Crippen LogP contribution in [-0.4, -0.2) is 53.7 Å². The molecule has 0 saturated heterocycles. The number of imidazole rings is 1. The van der Waals surface area contributed by atoms with Gasteiger partial charge >= 0.3 is 6.01 Å². The van der Waals surface area contributed by atoms with Crippen LogP contribution in [0.4, 0.5) is 0 Å². The largest absolute Gasteiger partial charge is 0.496 e. The summed E-state index contributed by atoms with van der Waals surface area (Å²) < 4.78 is 14.9. The first-order valence-electron chi connectivity index (χ1n) is 12.1. The number of nitrogens with zero attached hydrogens (tertiary/aromatic N) is 8. The first-order valence-corrected chi connectivity index (χ1v) is 12.1. The molecule has 4 aromatic heterocycles. The second kappa shape index (κ2) is 9.45. The molecule has 5 heterocycles. The van der Waals surface area contributed by atoms with Gasteiger partial charge in [0.2, 0.25) is 0 Å². The van der Waals surface area contributed by atoms with Crippen molar-refractivity contribution >= 4 is 0 Å². The van der Waals surface area contributed by atoms with E-state index in [4.69, 9.17) is 24.5 Å². The minimum atomic E-state index is 0.0934. The lowest BCUT2D eigenvalue weighted by Crippen LogP contribution is -2.18. The Bertz CT molecular complexity index is 1560. The van der Waals surface area contributed by atoms with Crippen molar-refractivity contribution in [2.75, 3.05) is 14.2 Å². The standard InChI is InChI=1S/C27H26N8O2/c1-17-16-34(27(29-17)37-3)24-10-4-8-22(30-24)25-31-26-19(7-6-14-35(26)33-25)18-11-12-23(36-2)20(15-18)21-9-5-13-28-32-21/h4-5,8-13,15-16,19H,6-7,14H2,1-3H3. The Morgan fingerprint density at radius 1 is 0.946 bits per heavy atom. The van der Waals surface area contributed by atoms with Crippen LogP contribution in [-0.2, 0) is 6.54 Å². The minimum Gasteiger partial charge on any atom is -0.496 e. The second-order valence-corrected chi connectivity index (χ2v) is 8.90. The van der Waals surface area contributed by atoms with E-state index < -0.39 is 0 Å². The summed E-state index contributed by atoms with van der Waals surface area (Å²) in [5, 5.41) is 13.2. The molecule has 0 radical (unpaired) electrons. The lowest BCUT2D eigenvalue weighted by atomic mass is 9.89. The number of aromatic nitrogens is 8. The summed E-state index contributed by atoms with van der Waals surface area (Å²) in [6, 6.07) is 16.3. The van der Waals surface area contributed by atoms with Crippen molar-refractivity contribution in [2.24, 2.45) is 0 Å². The number of fused-ring (bicyclic) bond motifs is 1. The van der Waals surface area contributed by atoms with Crippen molar-refractivity contribution in [1.29, 1.82) is 0 Å². The van der Waals surface area contributed by atoms with Gasteiger partial charge < -0.3 is 9.47 Å². The van der Waals surface area contributed by atoms with Gasteiger partial charge in [0, 0.05) is 30.4 Å². The Kier molecular flexibility index (Phi) is 5.84. The fourth-order valence-electron chi connectivity index (χ4n) is 4.83. The molecule has 0 saturated carbocycles. The Hall–Kier alpha value is -4.60. The normalized spacial score (nSPS) is 14.8. The second-order valence-electron chi connectivity index (χ2n) is 8.90. The zero-order valence-electron chi connectivity index (χ0n) is 20.9. The number of aryl methyl sites for hydroxylation is 2. The highest BCUT2D eigenvalue weighted by atomic mass is 16.5. The van der Waals surface area contributed by atoms with Crippen LogP contribution in [0.15, 0.2) is 60.9 Å². The zero-order chi connectivity index (χ0) is 25.4. The van der Waals surface area contributed by atoms with E-state index in [1.54, 1.807) is 20.4 Å². The van der Waals surface area contributed by atoms with E-state index in [-0.39, 0.29) is 5.92 Å². The third-order valence-corrected chi connectivity index (χ3v) is 6.54. The van der Waals surface area contributed by atoms with Gasteiger partial charge in [-0.1, -0.05) is 12.1 Å². The third kappa shape index (κ3) is 4.20. The van der Waals surface area contributed by atoms with E-state index in [1.807, 2.05) is 58.8 Å². The molecule has 10 heteroatoms. The molecule has 0 bridgehead atoms. The smallest absolute Gasteiger partial charge is 0.302 e. The van der Waals surface area contributed by atoms with Gasteiger partial charge in [-0.15, -0.1) is 5.10 Å². The maximum absolute atomic E-state index is 5.61. The molecular formula is C27H26N8O2. The molecule has 37 heavy (non-hydrogen) atoms. The predicted octanol–water partition coefficient (Wildman–Crippen LogP) is 4.23. The monoisotopic (exact) mass is 494 g/mol. The Balaban J connectivity index is 1.38. The highest BCUT2D eigenvalue weighted by molar-refractivity contribution is 5.68. The molecule has 0 fully saturated rings. The lowest BCUT2D eigenvalue weighted by molar-refractivity contribution is 0.372. The number of hydrogen-bond donors (Lipinski definition) is 0. The van der Waals surface area contributed by atoms with Gasteiger partial charge in [-0.25, -0.2) is 19.6 Å². The summed E-state index contributed by atoms with van der Waals surface area (Å²) in [4.78, 5) is 14.2. The average molecular weight is 495 g/mol. The van der Waals surface area contributed by atoms with Crippen LogP contribution < -0.4 is 9.47 Å². The number of benzene rings is 1.